The van der Waals surface area contributed by atoms with E-state index in [4.69, 9.17) is 0 Å². The number of aromatic nitrogens is 2. The largest absolute Gasteiger partial charge is 0.494 e. The van der Waals surface area contributed by atoms with E-state index in [1.165, 1.54) is 0 Å². The lowest BCUT2D eigenvalue weighted by atomic mass is 10.1. The van der Waals surface area contributed by atoms with Gasteiger partial charge in [0.05, 0.1) is 13.1 Å². The summed E-state index contributed by atoms with van der Waals surface area (Å²) in [6.07, 6.45) is 3.98. The quantitative estimate of drug-likeness (QED) is 0.408. The van der Waals surface area contributed by atoms with Gasteiger partial charge in [-0.1, -0.05) is 59.7 Å². The van der Waals surface area contributed by atoms with Crippen LogP contribution in [0.2, 0.25) is 0 Å². The molecule has 150 valence electrons. The molecule has 0 fully saturated rings. The smallest absolute Gasteiger partial charge is 0.199 e. The lowest BCUT2D eigenvalue weighted by Gasteiger charge is -2.09. The van der Waals surface area contributed by atoms with Crippen LogP contribution in [0.5, 0.6) is 11.8 Å². The molecule has 0 radical (unpaired) electrons. The number of benzene rings is 3. The molecular weight excluding hydrogens is 372 g/mol. The van der Waals surface area contributed by atoms with E-state index < -0.39 is 0 Å². The van der Waals surface area contributed by atoms with Crippen LogP contribution in [0.15, 0.2) is 73.1 Å². The first-order valence-electron chi connectivity index (χ1n) is 10.1. The Balaban J connectivity index is 1.44. The zero-order valence-corrected chi connectivity index (χ0v) is 17.1. The molecule has 0 aliphatic carbocycles. The van der Waals surface area contributed by atoms with Gasteiger partial charge >= 0.3 is 0 Å². The topological polar surface area (TPSA) is 50.3 Å². The maximum Gasteiger partial charge on any atom is 0.199 e. The molecule has 0 aliphatic rings. The molecule has 5 rings (SSSR count). The molecule has 0 amide bonds. The minimum atomic E-state index is 0.295. The molecule has 0 unspecified atom stereocenters. The van der Waals surface area contributed by atoms with Gasteiger partial charge < -0.3 is 19.3 Å². The highest BCUT2D eigenvalue weighted by molar-refractivity contribution is 5.89. The average molecular weight is 396 g/mol. The number of fused-ring (bicyclic) bond motifs is 2. The summed E-state index contributed by atoms with van der Waals surface area (Å²) in [5.74, 6) is 0.590. The summed E-state index contributed by atoms with van der Waals surface area (Å²) < 4.78 is 3.76. The summed E-state index contributed by atoms with van der Waals surface area (Å²) in [6.45, 7) is 5.24. The Hall–Kier alpha value is -3.66. The van der Waals surface area contributed by atoms with Gasteiger partial charge in [-0.3, -0.25) is 0 Å². The molecule has 0 spiro atoms. The van der Waals surface area contributed by atoms with Crippen molar-refractivity contribution in [3.63, 3.8) is 0 Å². The number of aromatic hydroxyl groups is 2. The number of aryl methyl sites for hydroxylation is 2. The van der Waals surface area contributed by atoms with E-state index in [1.54, 1.807) is 0 Å². The van der Waals surface area contributed by atoms with Gasteiger partial charge in [0.1, 0.15) is 0 Å². The van der Waals surface area contributed by atoms with E-state index in [9.17, 15) is 10.2 Å². The van der Waals surface area contributed by atoms with E-state index in [-0.39, 0.29) is 0 Å². The molecule has 0 saturated carbocycles. The highest BCUT2D eigenvalue weighted by Crippen LogP contribution is 2.30. The Morgan fingerprint density at radius 2 is 1.10 bits per heavy atom. The van der Waals surface area contributed by atoms with Crippen molar-refractivity contribution in [2.24, 2.45) is 0 Å². The summed E-state index contributed by atoms with van der Waals surface area (Å²) >= 11 is 0. The summed E-state index contributed by atoms with van der Waals surface area (Å²) in [5, 5.41) is 25.1. The predicted octanol–water partition coefficient (Wildman–Crippen LogP) is 5.72. The maximum absolute atomic E-state index is 10.6. The van der Waals surface area contributed by atoms with E-state index in [0.29, 0.717) is 24.8 Å². The molecule has 2 N–H and O–H groups in total. The number of hydrogen-bond acceptors (Lipinski definition) is 2. The standard InChI is InChI=1S/C26H24N2O2/c1-17-6-8-21-15-27(25(29)23(21)10-17)13-19-4-3-5-20(12-19)14-28-16-22-9-7-18(2)11-24(22)26(28)30/h3-12,15-16,29-30H,13-14H2,1-2H3. The summed E-state index contributed by atoms with van der Waals surface area (Å²) in [5.41, 5.74) is 4.47. The van der Waals surface area contributed by atoms with Crippen LogP contribution in [0, 0.1) is 13.8 Å². The van der Waals surface area contributed by atoms with Gasteiger partial charge in [0.25, 0.3) is 0 Å². The van der Waals surface area contributed by atoms with Crippen molar-refractivity contribution in [1.82, 2.24) is 9.13 Å². The van der Waals surface area contributed by atoms with Crippen LogP contribution in [-0.2, 0) is 13.1 Å². The third-order valence-corrected chi connectivity index (χ3v) is 5.73. The zero-order valence-electron chi connectivity index (χ0n) is 17.1. The van der Waals surface area contributed by atoms with Crippen molar-refractivity contribution in [3.8, 4) is 11.8 Å². The molecule has 4 heteroatoms. The van der Waals surface area contributed by atoms with Gasteiger partial charge in [0.2, 0.25) is 0 Å². The Labute approximate surface area is 175 Å². The Kier molecular flexibility index (Phi) is 4.28. The van der Waals surface area contributed by atoms with Crippen molar-refractivity contribution in [1.29, 1.82) is 0 Å². The van der Waals surface area contributed by atoms with E-state index >= 15 is 0 Å². The van der Waals surface area contributed by atoms with Crippen molar-refractivity contribution in [2.45, 2.75) is 26.9 Å². The molecule has 0 atom stereocenters. The molecule has 3 aromatic carbocycles. The van der Waals surface area contributed by atoms with Gasteiger partial charge in [-0.15, -0.1) is 0 Å². The number of rotatable bonds is 4. The lowest BCUT2D eigenvalue weighted by Crippen LogP contribution is -2.01. The first-order valence-corrected chi connectivity index (χ1v) is 10.1. The molecule has 2 aromatic heterocycles. The van der Waals surface area contributed by atoms with Crippen molar-refractivity contribution >= 4 is 21.5 Å². The third-order valence-electron chi connectivity index (χ3n) is 5.73. The molecule has 0 saturated heterocycles. The van der Waals surface area contributed by atoms with Crippen LogP contribution >= 0.6 is 0 Å². The molecule has 4 nitrogen and oxygen atoms in total. The third kappa shape index (κ3) is 3.20. The van der Waals surface area contributed by atoms with Crippen molar-refractivity contribution < 1.29 is 10.2 Å². The summed E-state index contributed by atoms with van der Waals surface area (Å²) in [7, 11) is 0. The van der Waals surface area contributed by atoms with E-state index in [1.807, 2.05) is 65.7 Å². The monoisotopic (exact) mass is 396 g/mol. The SMILES string of the molecule is Cc1ccc2cn(Cc3cccc(Cn4cc5ccc(C)cc5c4O)c3)c(O)c2c1. The fourth-order valence-corrected chi connectivity index (χ4v) is 4.18. The maximum atomic E-state index is 10.6. The Bertz CT molecular complexity index is 1290. The van der Waals surface area contributed by atoms with Crippen LogP contribution < -0.4 is 0 Å². The second-order valence-electron chi connectivity index (χ2n) is 8.16. The highest BCUT2D eigenvalue weighted by atomic mass is 16.3. The highest BCUT2D eigenvalue weighted by Gasteiger charge is 2.11. The van der Waals surface area contributed by atoms with Crippen molar-refractivity contribution in [3.05, 3.63) is 95.3 Å². The van der Waals surface area contributed by atoms with Gasteiger partial charge in [0.15, 0.2) is 11.8 Å². The fraction of sp³-hybridized carbons (Fsp3) is 0.154. The van der Waals surface area contributed by atoms with Crippen LogP contribution in [0.3, 0.4) is 0 Å². The van der Waals surface area contributed by atoms with Gasteiger partial charge in [0, 0.05) is 33.9 Å². The average Bonchev–Trinajstić information content (AvgIpc) is 3.19. The molecule has 0 aliphatic heterocycles. The summed E-state index contributed by atoms with van der Waals surface area (Å²) in [6, 6.07) is 20.5. The van der Waals surface area contributed by atoms with Crippen LogP contribution in [-0.4, -0.2) is 19.3 Å². The van der Waals surface area contributed by atoms with Crippen LogP contribution in [0.25, 0.3) is 21.5 Å². The second kappa shape index (κ2) is 6.99. The lowest BCUT2D eigenvalue weighted by molar-refractivity contribution is 0.429. The van der Waals surface area contributed by atoms with E-state index in [0.717, 1.165) is 43.8 Å². The van der Waals surface area contributed by atoms with Crippen LogP contribution in [0.1, 0.15) is 22.3 Å². The minimum Gasteiger partial charge on any atom is -0.494 e. The summed E-state index contributed by atoms with van der Waals surface area (Å²) in [4.78, 5) is 0. The fourth-order valence-electron chi connectivity index (χ4n) is 4.18. The molecule has 30 heavy (non-hydrogen) atoms. The molecule has 0 bridgehead atoms. The normalized spacial score (nSPS) is 11.5. The van der Waals surface area contributed by atoms with Gasteiger partial charge in [-0.2, -0.15) is 0 Å². The number of nitrogens with zero attached hydrogens (tertiary/aromatic N) is 2. The second-order valence-corrected chi connectivity index (χ2v) is 8.16. The Morgan fingerprint density at radius 1 is 0.633 bits per heavy atom. The zero-order chi connectivity index (χ0) is 20.8. The molecule has 5 aromatic rings. The van der Waals surface area contributed by atoms with Gasteiger partial charge in [-0.25, -0.2) is 0 Å². The van der Waals surface area contributed by atoms with Crippen LogP contribution in [0.4, 0.5) is 0 Å². The molecular formula is C26H24N2O2. The first-order chi connectivity index (χ1) is 14.5. The van der Waals surface area contributed by atoms with Crippen molar-refractivity contribution in [2.75, 3.05) is 0 Å². The van der Waals surface area contributed by atoms with Gasteiger partial charge in [-0.05, 0) is 37.1 Å². The Morgan fingerprint density at radius 3 is 1.57 bits per heavy atom. The van der Waals surface area contributed by atoms with E-state index in [2.05, 4.69) is 30.3 Å². The first kappa shape index (κ1) is 18.4. The minimum absolute atomic E-state index is 0.295. The number of hydrogen-bond donors (Lipinski definition) is 2. The predicted molar refractivity (Wildman–Crippen MR) is 121 cm³/mol. The molecule has 2 heterocycles.